The first kappa shape index (κ1) is 10.5. The van der Waals surface area contributed by atoms with Gasteiger partial charge in [0.1, 0.15) is 11.4 Å². The number of carbonyl (C=O) groups is 2. The summed E-state index contributed by atoms with van der Waals surface area (Å²) >= 11 is 0. The van der Waals surface area contributed by atoms with E-state index in [9.17, 15) is 9.59 Å². The van der Waals surface area contributed by atoms with Crippen LogP contribution in [-0.4, -0.2) is 21.6 Å². The zero-order valence-electron chi connectivity index (χ0n) is 9.38. The monoisotopic (exact) mass is 242 g/mol. The van der Waals surface area contributed by atoms with E-state index in [-0.39, 0.29) is 18.1 Å². The van der Waals surface area contributed by atoms with Crippen molar-refractivity contribution < 1.29 is 9.59 Å². The predicted molar refractivity (Wildman–Crippen MR) is 64.2 cm³/mol. The molecule has 0 bridgehead atoms. The number of fused-ring (bicyclic) bond motifs is 1. The zero-order valence-corrected chi connectivity index (χ0v) is 9.38. The summed E-state index contributed by atoms with van der Waals surface area (Å²) in [5, 5.41) is 6.46. The molecule has 1 aliphatic rings. The van der Waals surface area contributed by atoms with Crippen molar-refractivity contribution in [1.29, 1.82) is 0 Å². The Labute approximate surface area is 102 Å². The first-order chi connectivity index (χ1) is 8.66. The van der Waals surface area contributed by atoms with Crippen molar-refractivity contribution >= 4 is 17.6 Å². The second-order valence-corrected chi connectivity index (χ2v) is 4.01. The number of imide groups is 1. The van der Waals surface area contributed by atoms with Crippen LogP contribution in [0.4, 0.5) is 5.82 Å². The molecule has 1 aromatic carbocycles. The Morgan fingerprint density at radius 2 is 1.94 bits per heavy atom. The lowest BCUT2D eigenvalue weighted by atomic mass is 10.1. The van der Waals surface area contributed by atoms with Gasteiger partial charge in [0.15, 0.2) is 0 Å². The van der Waals surface area contributed by atoms with Gasteiger partial charge < -0.3 is 5.73 Å². The van der Waals surface area contributed by atoms with Crippen LogP contribution in [0.5, 0.6) is 0 Å². The van der Waals surface area contributed by atoms with Crippen molar-refractivity contribution in [3.8, 4) is 5.69 Å². The molecule has 0 unspecified atom stereocenters. The SMILES string of the molecule is Nc1c2c(nn1-c1ccccc1)CC(=O)NC2=O. The number of carbonyl (C=O) groups excluding carboxylic acids is 2. The number of rotatable bonds is 1. The third-order valence-electron chi connectivity index (χ3n) is 2.80. The van der Waals surface area contributed by atoms with Crippen molar-refractivity contribution in [3.05, 3.63) is 41.6 Å². The van der Waals surface area contributed by atoms with Crippen molar-refractivity contribution in [2.45, 2.75) is 6.42 Å². The molecule has 90 valence electrons. The maximum Gasteiger partial charge on any atom is 0.263 e. The number of benzene rings is 1. The Bertz CT molecular complexity index is 646. The highest BCUT2D eigenvalue weighted by Gasteiger charge is 2.29. The Balaban J connectivity index is 2.18. The fourth-order valence-electron chi connectivity index (χ4n) is 2.00. The summed E-state index contributed by atoms with van der Waals surface area (Å²) in [5.74, 6) is -0.590. The molecule has 6 nitrogen and oxygen atoms in total. The van der Waals surface area contributed by atoms with Crippen LogP contribution in [0.1, 0.15) is 16.1 Å². The highest BCUT2D eigenvalue weighted by atomic mass is 16.2. The van der Waals surface area contributed by atoms with E-state index in [0.29, 0.717) is 11.3 Å². The average Bonchev–Trinajstić information content (AvgIpc) is 2.67. The number of amides is 2. The van der Waals surface area contributed by atoms with Crippen LogP contribution in [0, 0.1) is 0 Å². The highest BCUT2D eigenvalue weighted by molar-refractivity contribution is 6.11. The molecule has 0 aliphatic carbocycles. The minimum atomic E-state index is -0.485. The molecule has 2 heterocycles. The first-order valence-electron chi connectivity index (χ1n) is 5.44. The molecule has 0 fully saturated rings. The summed E-state index contributed by atoms with van der Waals surface area (Å²) in [6.45, 7) is 0. The summed E-state index contributed by atoms with van der Waals surface area (Å²) in [4.78, 5) is 23.0. The molecule has 2 amide bonds. The van der Waals surface area contributed by atoms with Gasteiger partial charge in [-0.3, -0.25) is 14.9 Å². The first-order valence-corrected chi connectivity index (χ1v) is 5.44. The average molecular weight is 242 g/mol. The summed E-state index contributed by atoms with van der Waals surface area (Å²) < 4.78 is 1.48. The number of hydrogen-bond donors (Lipinski definition) is 2. The molecule has 3 rings (SSSR count). The van der Waals surface area contributed by atoms with E-state index >= 15 is 0 Å². The van der Waals surface area contributed by atoms with E-state index < -0.39 is 5.91 Å². The van der Waals surface area contributed by atoms with Gasteiger partial charge >= 0.3 is 0 Å². The van der Waals surface area contributed by atoms with E-state index in [1.54, 1.807) is 0 Å². The molecule has 6 heteroatoms. The Hall–Kier alpha value is -2.63. The molecular weight excluding hydrogens is 232 g/mol. The smallest absolute Gasteiger partial charge is 0.263 e. The number of nitrogens with one attached hydrogen (secondary N) is 1. The second kappa shape index (κ2) is 3.69. The number of nitrogens with zero attached hydrogens (tertiary/aromatic N) is 2. The molecular formula is C12H10N4O2. The number of hydrogen-bond acceptors (Lipinski definition) is 4. The van der Waals surface area contributed by atoms with E-state index in [0.717, 1.165) is 5.69 Å². The fourth-order valence-corrected chi connectivity index (χ4v) is 2.00. The molecule has 18 heavy (non-hydrogen) atoms. The number of nitrogen functional groups attached to an aromatic ring is 1. The van der Waals surface area contributed by atoms with Crippen LogP contribution >= 0.6 is 0 Å². The number of para-hydroxylation sites is 1. The standard InChI is InChI=1S/C12H10N4O2/c13-11-10-8(6-9(17)14-12(10)18)15-16(11)7-4-2-1-3-5-7/h1-5H,6,13H2,(H,14,17,18). The summed E-state index contributed by atoms with van der Waals surface area (Å²) in [5.41, 5.74) is 7.39. The maximum atomic E-state index is 11.7. The number of aromatic nitrogens is 2. The van der Waals surface area contributed by atoms with Gasteiger partial charge in [-0.15, -0.1) is 0 Å². The van der Waals surface area contributed by atoms with Crippen LogP contribution in [-0.2, 0) is 11.2 Å². The molecule has 1 aliphatic heterocycles. The quantitative estimate of drug-likeness (QED) is 0.702. The zero-order chi connectivity index (χ0) is 12.7. The largest absolute Gasteiger partial charge is 0.383 e. The number of nitrogens with two attached hydrogens (primary N) is 1. The highest BCUT2D eigenvalue weighted by Crippen LogP contribution is 2.23. The third kappa shape index (κ3) is 1.46. The van der Waals surface area contributed by atoms with Crippen LogP contribution in [0.3, 0.4) is 0 Å². The lowest BCUT2D eigenvalue weighted by Gasteiger charge is -2.09. The second-order valence-electron chi connectivity index (χ2n) is 4.01. The minimum Gasteiger partial charge on any atom is -0.383 e. The Morgan fingerprint density at radius 3 is 2.67 bits per heavy atom. The molecule has 0 saturated heterocycles. The van der Waals surface area contributed by atoms with Crippen LogP contribution in [0.25, 0.3) is 5.69 Å². The Kier molecular flexibility index (Phi) is 2.16. The number of anilines is 1. The van der Waals surface area contributed by atoms with Gasteiger partial charge in [-0.1, -0.05) is 18.2 Å². The normalized spacial score (nSPS) is 14.2. The Morgan fingerprint density at radius 1 is 1.22 bits per heavy atom. The predicted octanol–water partition coefficient (Wildman–Crippen LogP) is 0.267. The molecule has 3 N–H and O–H groups in total. The van der Waals surface area contributed by atoms with Crippen LogP contribution in [0.2, 0.25) is 0 Å². The summed E-state index contributed by atoms with van der Waals surface area (Å²) in [6, 6.07) is 9.23. The van der Waals surface area contributed by atoms with Crippen LogP contribution in [0.15, 0.2) is 30.3 Å². The van der Waals surface area contributed by atoms with Gasteiger partial charge in [-0.05, 0) is 12.1 Å². The van der Waals surface area contributed by atoms with Crippen molar-refractivity contribution in [3.63, 3.8) is 0 Å². The molecule has 0 saturated carbocycles. The maximum absolute atomic E-state index is 11.7. The van der Waals surface area contributed by atoms with Crippen LogP contribution < -0.4 is 11.1 Å². The van der Waals surface area contributed by atoms with Gasteiger partial charge in [0, 0.05) is 0 Å². The van der Waals surface area contributed by atoms with E-state index in [1.165, 1.54) is 4.68 Å². The summed E-state index contributed by atoms with van der Waals surface area (Å²) in [6.07, 6.45) is 0.0745. The molecule has 1 aromatic heterocycles. The van der Waals surface area contributed by atoms with Gasteiger partial charge in [0.25, 0.3) is 5.91 Å². The van der Waals surface area contributed by atoms with Gasteiger partial charge in [-0.2, -0.15) is 5.10 Å². The summed E-state index contributed by atoms with van der Waals surface area (Å²) in [7, 11) is 0. The molecule has 0 radical (unpaired) electrons. The minimum absolute atomic E-state index is 0.0745. The van der Waals surface area contributed by atoms with Crippen molar-refractivity contribution in [2.24, 2.45) is 0 Å². The lowest BCUT2D eigenvalue weighted by Crippen LogP contribution is -2.37. The van der Waals surface area contributed by atoms with E-state index in [4.69, 9.17) is 5.73 Å². The van der Waals surface area contributed by atoms with Gasteiger partial charge in [0.05, 0.1) is 17.8 Å². The van der Waals surface area contributed by atoms with E-state index in [1.807, 2.05) is 30.3 Å². The van der Waals surface area contributed by atoms with Crippen molar-refractivity contribution in [2.75, 3.05) is 5.73 Å². The van der Waals surface area contributed by atoms with Gasteiger partial charge in [0.2, 0.25) is 5.91 Å². The topological polar surface area (TPSA) is 90.0 Å². The van der Waals surface area contributed by atoms with E-state index in [2.05, 4.69) is 10.4 Å². The molecule has 0 atom stereocenters. The van der Waals surface area contributed by atoms with Crippen molar-refractivity contribution in [1.82, 2.24) is 15.1 Å². The third-order valence-corrected chi connectivity index (χ3v) is 2.80. The van der Waals surface area contributed by atoms with Gasteiger partial charge in [-0.25, -0.2) is 4.68 Å². The molecule has 0 spiro atoms. The molecule has 2 aromatic rings. The fraction of sp³-hybridized carbons (Fsp3) is 0.0833. The lowest BCUT2D eigenvalue weighted by molar-refractivity contribution is -0.119.